The summed E-state index contributed by atoms with van der Waals surface area (Å²) in [6, 6.07) is 1.76. The molecule has 2 aromatic heterocycles. The Hall–Kier alpha value is -1.58. The third kappa shape index (κ3) is 0.920. The maximum atomic E-state index is 10.7. The van der Waals surface area contributed by atoms with E-state index in [1.54, 1.807) is 6.07 Å². The number of aromatic amines is 1. The fourth-order valence-electron chi connectivity index (χ4n) is 0.991. The van der Waals surface area contributed by atoms with E-state index in [9.17, 15) is 4.79 Å². The third-order valence-corrected chi connectivity index (χ3v) is 1.42. The summed E-state index contributed by atoms with van der Waals surface area (Å²) in [5.74, 6) is 0.767. The van der Waals surface area contributed by atoms with Crippen LogP contribution in [0, 0.1) is 6.92 Å². The summed E-state index contributed by atoms with van der Waals surface area (Å²) in [6.07, 6.45) is 1.42. The Kier molecular flexibility index (Phi) is 1.09. The van der Waals surface area contributed by atoms with Crippen LogP contribution in [0.1, 0.15) is 5.76 Å². The van der Waals surface area contributed by atoms with Gasteiger partial charge in [-0.05, 0) is 6.92 Å². The predicted molar refractivity (Wildman–Crippen MR) is 39.4 cm³/mol. The zero-order chi connectivity index (χ0) is 7.84. The molecule has 2 rings (SSSR count). The van der Waals surface area contributed by atoms with E-state index in [0.29, 0.717) is 11.1 Å². The Labute approximate surface area is 61.9 Å². The first-order valence-corrected chi connectivity index (χ1v) is 3.21. The highest BCUT2D eigenvalue weighted by atomic mass is 16.3. The lowest BCUT2D eigenvalue weighted by Crippen LogP contribution is -2.07. The van der Waals surface area contributed by atoms with Gasteiger partial charge >= 0.3 is 5.69 Å². The zero-order valence-corrected chi connectivity index (χ0v) is 5.92. The highest BCUT2D eigenvalue weighted by Gasteiger charge is 1.99. The van der Waals surface area contributed by atoms with Gasteiger partial charge in [-0.1, -0.05) is 0 Å². The van der Waals surface area contributed by atoms with E-state index in [2.05, 4.69) is 9.97 Å². The van der Waals surface area contributed by atoms with Crippen molar-refractivity contribution in [3.8, 4) is 0 Å². The lowest BCUT2D eigenvalue weighted by molar-refractivity contribution is 0.576. The topological polar surface area (TPSA) is 58.9 Å². The summed E-state index contributed by atoms with van der Waals surface area (Å²) in [5, 5.41) is 0. The van der Waals surface area contributed by atoms with Gasteiger partial charge in [-0.3, -0.25) is 0 Å². The van der Waals surface area contributed by atoms with Gasteiger partial charge in [0.2, 0.25) is 0 Å². The Bertz CT molecular complexity index is 441. The molecule has 1 N–H and O–H groups in total. The van der Waals surface area contributed by atoms with Gasteiger partial charge in [0.25, 0.3) is 0 Å². The highest BCUT2D eigenvalue weighted by molar-refractivity contribution is 5.71. The van der Waals surface area contributed by atoms with Gasteiger partial charge in [0.05, 0.1) is 11.7 Å². The minimum absolute atomic E-state index is 0.349. The fraction of sp³-hybridized carbons (Fsp3) is 0.143. The lowest BCUT2D eigenvalue weighted by atomic mass is 10.4. The van der Waals surface area contributed by atoms with Gasteiger partial charge in [0.1, 0.15) is 5.76 Å². The van der Waals surface area contributed by atoms with Crippen molar-refractivity contribution in [1.82, 2.24) is 9.97 Å². The summed E-state index contributed by atoms with van der Waals surface area (Å²) in [7, 11) is 0. The average Bonchev–Trinajstić information content (AvgIpc) is 2.27. The molecule has 0 bridgehead atoms. The van der Waals surface area contributed by atoms with Crippen LogP contribution >= 0.6 is 0 Å². The number of nitrogens with one attached hydrogen (secondary N) is 1. The molecule has 0 saturated heterocycles. The number of aromatic nitrogens is 2. The number of H-pyrrole nitrogens is 1. The summed E-state index contributed by atoms with van der Waals surface area (Å²) in [4.78, 5) is 16.8. The second-order valence-corrected chi connectivity index (χ2v) is 2.32. The van der Waals surface area contributed by atoms with Crippen molar-refractivity contribution < 1.29 is 4.42 Å². The van der Waals surface area contributed by atoms with E-state index < -0.39 is 0 Å². The summed E-state index contributed by atoms with van der Waals surface area (Å²) >= 11 is 0. The van der Waals surface area contributed by atoms with Crippen LogP contribution in [-0.2, 0) is 0 Å². The van der Waals surface area contributed by atoms with Crippen LogP contribution < -0.4 is 5.69 Å². The summed E-state index contributed by atoms with van der Waals surface area (Å²) < 4.78 is 5.19. The Morgan fingerprint density at radius 2 is 2.45 bits per heavy atom. The smallest absolute Gasteiger partial charge is 0.345 e. The van der Waals surface area contributed by atoms with Gasteiger partial charge in [0.15, 0.2) is 5.58 Å². The molecule has 4 nitrogen and oxygen atoms in total. The monoisotopic (exact) mass is 150 g/mol. The quantitative estimate of drug-likeness (QED) is 0.604. The highest BCUT2D eigenvalue weighted by Crippen LogP contribution is 2.12. The van der Waals surface area contributed by atoms with Crippen LogP contribution in [0.2, 0.25) is 0 Å². The molecule has 0 saturated carbocycles. The largest absolute Gasteiger partial charge is 0.458 e. The number of furan rings is 1. The van der Waals surface area contributed by atoms with Crippen molar-refractivity contribution in [3.63, 3.8) is 0 Å². The fourth-order valence-corrected chi connectivity index (χ4v) is 0.991. The summed E-state index contributed by atoms with van der Waals surface area (Å²) in [5.41, 5.74) is 0.961. The molecule has 0 aliphatic heterocycles. The van der Waals surface area contributed by atoms with Crippen molar-refractivity contribution >= 4 is 11.1 Å². The van der Waals surface area contributed by atoms with Crippen molar-refractivity contribution in [1.29, 1.82) is 0 Å². The van der Waals surface area contributed by atoms with E-state index in [0.717, 1.165) is 5.76 Å². The minimum atomic E-state index is -0.349. The van der Waals surface area contributed by atoms with Crippen molar-refractivity contribution in [2.45, 2.75) is 6.92 Å². The number of nitrogens with zero attached hydrogens (tertiary/aromatic N) is 1. The van der Waals surface area contributed by atoms with Gasteiger partial charge in [0, 0.05) is 6.07 Å². The first kappa shape index (κ1) is 6.15. The number of fused-ring (bicyclic) bond motifs is 1. The van der Waals surface area contributed by atoms with Crippen molar-refractivity contribution in [3.05, 3.63) is 28.5 Å². The minimum Gasteiger partial charge on any atom is -0.458 e. The normalized spacial score (nSPS) is 10.6. The molecular weight excluding hydrogens is 144 g/mol. The zero-order valence-electron chi connectivity index (χ0n) is 5.92. The number of hydrogen-bond donors (Lipinski definition) is 1. The molecule has 0 unspecified atom stereocenters. The number of hydrogen-bond acceptors (Lipinski definition) is 3. The van der Waals surface area contributed by atoms with E-state index in [-0.39, 0.29) is 5.69 Å². The van der Waals surface area contributed by atoms with Gasteiger partial charge < -0.3 is 9.40 Å². The average molecular weight is 150 g/mol. The molecule has 56 valence electrons. The van der Waals surface area contributed by atoms with E-state index in [1.807, 2.05) is 6.92 Å². The molecular formula is C7H6N2O2. The third-order valence-electron chi connectivity index (χ3n) is 1.42. The van der Waals surface area contributed by atoms with Crippen LogP contribution in [0.4, 0.5) is 0 Å². The molecule has 2 heterocycles. The maximum absolute atomic E-state index is 10.7. The second-order valence-electron chi connectivity index (χ2n) is 2.32. The molecule has 0 atom stereocenters. The molecule has 0 amide bonds. The predicted octanol–water partition coefficient (Wildman–Crippen LogP) is 0.825. The molecule has 0 spiro atoms. The molecule has 0 aromatic carbocycles. The Morgan fingerprint density at radius 3 is 3.27 bits per heavy atom. The van der Waals surface area contributed by atoms with Gasteiger partial charge in [-0.25, -0.2) is 4.79 Å². The van der Waals surface area contributed by atoms with Crippen LogP contribution in [-0.4, -0.2) is 9.97 Å². The standard InChI is InChI=1S/C7H6N2O2/c1-4-2-5-6(11-4)3-8-7(10)9-5/h2-3H,1H3,(H,8,9,10). The van der Waals surface area contributed by atoms with Gasteiger partial charge in [-0.2, -0.15) is 4.98 Å². The number of rotatable bonds is 0. The van der Waals surface area contributed by atoms with E-state index in [1.165, 1.54) is 6.20 Å². The van der Waals surface area contributed by atoms with E-state index >= 15 is 0 Å². The molecule has 0 radical (unpaired) electrons. The second kappa shape index (κ2) is 1.95. The van der Waals surface area contributed by atoms with Crippen molar-refractivity contribution in [2.75, 3.05) is 0 Å². The van der Waals surface area contributed by atoms with Crippen LogP contribution in [0.5, 0.6) is 0 Å². The first-order valence-electron chi connectivity index (χ1n) is 3.21. The summed E-state index contributed by atoms with van der Waals surface area (Å²) in [6.45, 7) is 1.82. The molecule has 0 aliphatic rings. The lowest BCUT2D eigenvalue weighted by Gasteiger charge is -1.82. The molecule has 4 heteroatoms. The molecule has 0 aliphatic carbocycles. The van der Waals surface area contributed by atoms with Crippen LogP contribution in [0.3, 0.4) is 0 Å². The van der Waals surface area contributed by atoms with Gasteiger partial charge in [-0.15, -0.1) is 0 Å². The van der Waals surface area contributed by atoms with Crippen molar-refractivity contribution in [2.24, 2.45) is 0 Å². The molecule has 2 aromatic rings. The van der Waals surface area contributed by atoms with Crippen LogP contribution in [0.25, 0.3) is 11.1 Å². The first-order chi connectivity index (χ1) is 5.25. The SMILES string of the molecule is Cc1cc2[nH]c(=O)ncc2o1. The molecule has 11 heavy (non-hydrogen) atoms. The van der Waals surface area contributed by atoms with E-state index in [4.69, 9.17) is 4.42 Å². The number of aryl methyl sites for hydroxylation is 1. The Balaban J connectivity index is 2.92. The Morgan fingerprint density at radius 1 is 1.64 bits per heavy atom. The van der Waals surface area contributed by atoms with Crippen LogP contribution in [0.15, 0.2) is 21.5 Å². The molecule has 0 fully saturated rings. The maximum Gasteiger partial charge on any atom is 0.345 e.